The molecular formula is C19H25N3O3. The molecule has 6 heteroatoms. The van der Waals surface area contributed by atoms with Gasteiger partial charge in [-0.1, -0.05) is 18.6 Å². The van der Waals surface area contributed by atoms with E-state index in [0.29, 0.717) is 18.7 Å². The molecule has 0 unspecified atom stereocenters. The van der Waals surface area contributed by atoms with E-state index in [0.717, 1.165) is 36.1 Å². The topological polar surface area (TPSA) is 82.0 Å². The van der Waals surface area contributed by atoms with Gasteiger partial charge in [0.05, 0.1) is 11.8 Å². The fraction of sp³-hybridized carbons (Fsp3) is 0.526. The average Bonchev–Trinajstić information content (AvgIpc) is 3.00. The Bertz CT molecular complexity index is 714. The van der Waals surface area contributed by atoms with Gasteiger partial charge in [0.2, 0.25) is 5.91 Å². The lowest BCUT2D eigenvalue weighted by Gasteiger charge is -2.25. The summed E-state index contributed by atoms with van der Waals surface area (Å²) in [6.07, 6.45) is 3.02. The van der Waals surface area contributed by atoms with Crippen molar-refractivity contribution in [3.63, 3.8) is 0 Å². The molecule has 1 aromatic carbocycles. The molecule has 25 heavy (non-hydrogen) atoms. The van der Waals surface area contributed by atoms with Crippen molar-refractivity contribution in [1.82, 2.24) is 5.32 Å². The van der Waals surface area contributed by atoms with Gasteiger partial charge in [0.15, 0.2) is 0 Å². The number of hydrazone groups is 1. The highest BCUT2D eigenvalue weighted by Crippen LogP contribution is 2.26. The number of benzene rings is 1. The van der Waals surface area contributed by atoms with Crippen LogP contribution in [0, 0.1) is 19.8 Å². The summed E-state index contributed by atoms with van der Waals surface area (Å²) in [6.45, 7) is 4.34. The number of aliphatic hydroxyl groups is 1. The number of nitrogens with zero attached hydrogens (tertiary/aromatic N) is 2. The number of anilines is 1. The van der Waals surface area contributed by atoms with Crippen LogP contribution in [0.15, 0.2) is 23.3 Å². The maximum atomic E-state index is 12.4. The molecule has 2 aliphatic rings. The number of aryl methyl sites for hydroxylation is 2. The molecule has 0 bridgehead atoms. The van der Waals surface area contributed by atoms with E-state index in [-0.39, 0.29) is 30.3 Å². The first kappa shape index (κ1) is 17.6. The molecular weight excluding hydrogens is 318 g/mol. The second-order valence-electron chi connectivity index (χ2n) is 7.01. The SMILES string of the molecule is Cc1ccc(C)c(N2N=C(C(=O)NC[C@@H]3CCC[C@@H]3O)CCC2=O)c1. The summed E-state index contributed by atoms with van der Waals surface area (Å²) in [5, 5.41) is 18.4. The van der Waals surface area contributed by atoms with E-state index in [1.54, 1.807) is 0 Å². The Hall–Kier alpha value is -2.21. The first-order valence-electron chi connectivity index (χ1n) is 8.89. The van der Waals surface area contributed by atoms with E-state index in [2.05, 4.69) is 10.4 Å². The Morgan fingerprint density at radius 1 is 1.32 bits per heavy atom. The summed E-state index contributed by atoms with van der Waals surface area (Å²) in [4.78, 5) is 24.7. The van der Waals surface area contributed by atoms with Crippen molar-refractivity contribution in [2.24, 2.45) is 11.0 Å². The van der Waals surface area contributed by atoms with Crippen molar-refractivity contribution in [1.29, 1.82) is 0 Å². The summed E-state index contributed by atoms with van der Waals surface area (Å²) in [5.74, 6) is -0.233. The molecule has 0 radical (unpaired) electrons. The summed E-state index contributed by atoms with van der Waals surface area (Å²) in [5.41, 5.74) is 3.07. The van der Waals surface area contributed by atoms with Gasteiger partial charge in [-0.2, -0.15) is 5.10 Å². The molecule has 2 amide bonds. The summed E-state index contributed by atoms with van der Waals surface area (Å²) in [6, 6.07) is 5.84. The Morgan fingerprint density at radius 3 is 2.84 bits per heavy atom. The van der Waals surface area contributed by atoms with E-state index in [1.807, 2.05) is 32.0 Å². The summed E-state index contributed by atoms with van der Waals surface area (Å²) >= 11 is 0. The Kier molecular flexibility index (Phi) is 5.18. The molecule has 1 aromatic rings. The highest BCUT2D eigenvalue weighted by molar-refractivity contribution is 6.40. The molecule has 1 aliphatic heterocycles. The second kappa shape index (κ2) is 7.35. The van der Waals surface area contributed by atoms with Gasteiger partial charge < -0.3 is 10.4 Å². The third kappa shape index (κ3) is 3.90. The minimum atomic E-state index is -0.332. The first-order chi connectivity index (χ1) is 12.0. The van der Waals surface area contributed by atoms with E-state index in [9.17, 15) is 14.7 Å². The van der Waals surface area contributed by atoms with Crippen LogP contribution in [0.3, 0.4) is 0 Å². The lowest BCUT2D eigenvalue weighted by Crippen LogP contribution is -2.41. The van der Waals surface area contributed by atoms with Crippen molar-refractivity contribution in [2.75, 3.05) is 11.6 Å². The summed E-state index contributed by atoms with van der Waals surface area (Å²) in [7, 11) is 0. The number of amides is 2. The number of hydrogen-bond acceptors (Lipinski definition) is 4. The molecule has 134 valence electrons. The highest BCUT2D eigenvalue weighted by atomic mass is 16.3. The lowest BCUT2D eigenvalue weighted by atomic mass is 10.1. The molecule has 1 fully saturated rings. The van der Waals surface area contributed by atoms with Crippen LogP contribution in [0.4, 0.5) is 5.69 Å². The fourth-order valence-corrected chi connectivity index (χ4v) is 3.43. The number of carbonyl (C=O) groups is 2. The zero-order valence-corrected chi connectivity index (χ0v) is 14.8. The molecule has 1 aliphatic carbocycles. The van der Waals surface area contributed by atoms with Crippen molar-refractivity contribution < 1.29 is 14.7 Å². The van der Waals surface area contributed by atoms with Gasteiger partial charge in [-0.3, -0.25) is 9.59 Å². The predicted octanol–water partition coefficient (Wildman–Crippen LogP) is 2.06. The quantitative estimate of drug-likeness (QED) is 0.878. The molecule has 0 saturated heterocycles. The Morgan fingerprint density at radius 2 is 2.12 bits per heavy atom. The van der Waals surface area contributed by atoms with Gasteiger partial charge in [0.25, 0.3) is 5.91 Å². The number of rotatable bonds is 4. The highest BCUT2D eigenvalue weighted by Gasteiger charge is 2.29. The standard InChI is InChI=1S/C19H25N3O3/c1-12-6-7-13(2)16(10-12)22-18(24)9-8-15(21-22)19(25)20-11-14-4-3-5-17(14)23/h6-7,10,14,17,23H,3-5,8-9,11H2,1-2H3,(H,20,25)/t14-,17-/m0/s1. The van der Waals surface area contributed by atoms with Crippen LogP contribution < -0.4 is 10.3 Å². The maximum absolute atomic E-state index is 12.4. The molecule has 1 heterocycles. The van der Waals surface area contributed by atoms with Crippen molar-refractivity contribution in [3.05, 3.63) is 29.3 Å². The van der Waals surface area contributed by atoms with E-state index < -0.39 is 0 Å². The normalized spacial score (nSPS) is 23.6. The van der Waals surface area contributed by atoms with Crippen LogP contribution in [0.5, 0.6) is 0 Å². The van der Waals surface area contributed by atoms with Gasteiger partial charge >= 0.3 is 0 Å². The van der Waals surface area contributed by atoms with Gasteiger partial charge in [-0.25, -0.2) is 5.01 Å². The predicted molar refractivity (Wildman–Crippen MR) is 96.4 cm³/mol. The van der Waals surface area contributed by atoms with Crippen molar-refractivity contribution in [3.8, 4) is 0 Å². The number of hydrogen-bond donors (Lipinski definition) is 2. The largest absolute Gasteiger partial charge is 0.393 e. The molecule has 0 spiro atoms. The van der Waals surface area contributed by atoms with E-state index in [1.165, 1.54) is 5.01 Å². The van der Waals surface area contributed by atoms with E-state index in [4.69, 9.17) is 0 Å². The monoisotopic (exact) mass is 343 g/mol. The van der Waals surface area contributed by atoms with Crippen LogP contribution in [-0.4, -0.2) is 35.3 Å². The zero-order valence-electron chi connectivity index (χ0n) is 14.8. The molecule has 2 N–H and O–H groups in total. The van der Waals surface area contributed by atoms with E-state index >= 15 is 0 Å². The lowest BCUT2D eigenvalue weighted by molar-refractivity contribution is -0.119. The van der Waals surface area contributed by atoms with Crippen LogP contribution in [-0.2, 0) is 9.59 Å². The maximum Gasteiger partial charge on any atom is 0.267 e. The van der Waals surface area contributed by atoms with Crippen molar-refractivity contribution in [2.45, 2.75) is 52.1 Å². The number of nitrogens with one attached hydrogen (secondary N) is 1. The Labute approximate surface area is 147 Å². The molecule has 1 saturated carbocycles. The van der Waals surface area contributed by atoms with Gasteiger partial charge in [-0.05, 0) is 43.9 Å². The van der Waals surface area contributed by atoms with Crippen LogP contribution >= 0.6 is 0 Å². The summed E-state index contributed by atoms with van der Waals surface area (Å²) < 4.78 is 0. The smallest absolute Gasteiger partial charge is 0.267 e. The fourth-order valence-electron chi connectivity index (χ4n) is 3.43. The number of aliphatic hydroxyl groups excluding tert-OH is 1. The average molecular weight is 343 g/mol. The van der Waals surface area contributed by atoms with Crippen LogP contribution in [0.1, 0.15) is 43.2 Å². The van der Waals surface area contributed by atoms with Crippen LogP contribution in [0.2, 0.25) is 0 Å². The Balaban J connectivity index is 1.73. The first-order valence-corrected chi connectivity index (χ1v) is 8.89. The molecule has 6 nitrogen and oxygen atoms in total. The second-order valence-corrected chi connectivity index (χ2v) is 7.01. The van der Waals surface area contributed by atoms with Gasteiger partial charge in [-0.15, -0.1) is 0 Å². The minimum absolute atomic E-state index is 0.100. The minimum Gasteiger partial charge on any atom is -0.393 e. The third-order valence-electron chi connectivity index (χ3n) is 5.03. The zero-order chi connectivity index (χ0) is 18.0. The van der Waals surface area contributed by atoms with Gasteiger partial charge in [0, 0.05) is 25.3 Å². The van der Waals surface area contributed by atoms with Crippen molar-refractivity contribution >= 4 is 23.2 Å². The third-order valence-corrected chi connectivity index (χ3v) is 5.03. The molecule has 0 aromatic heterocycles. The van der Waals surface area contributed by atoms with Gasteiger partial charge in [0.1, 0.15) is 5.71 Å². The number of carbonyl (C=O) groups excluding carboxylic acids is 2. The molecule has 2 atom stereocenters. The molecule has 3 rings (SSSR count). The van der Waals surface area contributed by atoms with Crippen LogP contribution in [0.25, 0.3) is 0 Å².